The molecule has 230 valence electrons. The number of nitrogens with one attached hydrogen (secondary N) is 1. The molecule has 1 aromatic rings. The van der Waals surface area contributed by atoms with Gasteiger partial charge >= 0.3 is 7.60 Å². The van der Waals surface area contributed by atoms with Crippen LogP contribution in [0, 0.1) is 52.3 Å². The molecule has 7 unspecified atom stereocenters. The van der Waals surface area contributed by atoms with Crippen molar-refractivity contribution in [3.8, 4) is 0 Å². The van der Waals surface area contributed by atoms with Gasteiger partial charge in [-0.05, 0) is 125 Å². The summed E-state index contributed by atoms with van der Waals surface area (Å²) in [6.07, 6.45) is 8.38. The van der Waals surface area contributed by atoms with Gasteiger partial charge in [0.25, 0.3) is 0 Å². The van der Waals surface area contributed by atoms with E-state index in [4.69, 9.17) is 4.52 Å². The highest BCUT2D eigenvalue weighted by atomic mass is 79.9. The maximum absolute atomic E-state index is 12.6. The van der Waals surface area contributed by atoms with Crippen LogP contribution in [0.4, 0.5) is 0 Å². The predicted molar refractivity (Wildman–Crippen MR) is 172 cm³/mol. The molecule has 0 saturated heterocycles. The van der Waals surface area contributed by atoms with Crippen LogP contribution in [-0.4, -0.2) is 23.4 Å². The number of thiophene rings is 1. The third-order valence-corrected chi connectivity index (χ3v) is 14.4. The average molecular weight is 669 g/mol. The number of hydrogen-bond acceptors (Lipinski definition) is 5. The maximum Gasteiger partial charge on any atom is 0.325 e. The van der Waals surface area contributed by atoms with Crippen LogP contribution in [0.5, 0.6) is 0 Å². The molecule has 0 aliphatic heterocycles. The second-order valence-electron chi connectivity index (χ2n) is 14.9. The van der Waals surface area contributed by atoms with E-state index < -0.39 is 7.60 Å². The van der Waals surface area contributed by atoms with Gasteiger partial charge in [0.1, 0.15) is 5.78 Å². The summed E-state index contributed by atoms with van der Waals surface area (Å²) in [5.41, 5.74) is 1.42. The summed E-state index contributed by atoms with van der Waals surface area (Å²) in [6, 6.07) is 4.59. The quantitative estimate of drug-likeness (QED) is 0.257. The number of allylic oxidation sites excluding steroid dienone is 1. The molecule has 1 aromatic heterocycles. The summed E-state index contributed by atoms with van der Waals surface area (Å²) in [5, 5.41) is 3.79. The van der Waals surface area contributed by atoms with Crippen LogP contribution in [0.25, 0.3) is 0 Å². The SMILES string of the molecule is C=C(C[C@@H](C)C1CC[C@H]2C3[C@H](OP(C)(=O)O)CC4CC(=O)CCC4(C)[C@H]3CCC12C)NC(c1ccc(Br)s1)C(C)C. The van der Waals surface area contributed by atoms with Gasteiger partial charge in [-0.3, -0.25) is 9.36 Å². The Bertz CT molecular complexity index is 1200. The fourth-order valence-corrected chi connectivity index (χ4v) is 12.6. The lowest BCUT2D eigenvalue weighted by Crippen LogP contribution is -2.58. The van der Waals surface area contributed by atoms with Crippen molar-refractivity contribution in [1.29, 1.82) is 0 Å². The maximum atomic E-state index is 12.6. The monoisotopic (exact) mass is 667 g/mol. The van der Waals surface area contributed by atoms with Gasteiger partial charge in [-0.25, -0.2) is 0 Å². The molecule has 1 heterocycles. The van der Waals surface area contributed by atoms with Gasteiger partial charge in [-0.2, -0.15) is 0 Å². The van der Waals surface area contributed by atoms with E-state index in [1.54, 1.807) is 11.3 Å². The molecule has 5 rings (SSSR count). The molecule has 0 aromatic carbocycles. The van der Waals surface area contributed by atoms with Crippen molar-refractivity contribution < 1.29 is 18.8 Å². The molecule has 0 radical (unpaired) electrons. The lowest BCUT2D eigenvalue weighted by Gasteiger charge is -2.62. The zero-order valence-corrected chi connectivity index (χ0v) is 29.1. The van der Waals surface area contributed by atoms with Crippen molar-refractivity contribution in [1.82, 2.24) is 5.32 Å². The molecule has 11 atom stereocenters. The standard InChI is InChI=1S/C33H51BrNO4PS/c1-19(2)31(28-10-11-29(34)41-28)35-21(4)16-20(3)24-8-9-25-30-26(13-15-33(24,25)6)32(5)14-12-23(36)17-22(32)18-27(30)39-40(7,37)38/h10-11,19-20,22,24-27,30-31,35H,4,8-9,12-18H2,1-3,5-7H3,(H,37,38)/t20-,22?,24?,25+,26+,27-,30?,31?,32?,33?/m1/s1. The van der Waals surface area contributed by atoms with Gasteiger partial charge in [0.05, 0.1) is 15.9 Å². The van der Waals surface area contributed by atoms with Crippen molar-refractivity contribution in [3.05, 3.63) is 33.1 Å². The van der Waals surface area contributed by atoms with Crippen LogP contribution in [0.15, 0.2) is 28.2 Å². The third-order valence-electron chi connectivity index (χ3n) is 12.1. The molecule has 2 N–H and O–H groups in total. The van der Waals surface area contributed by atoms with Gasteiger partial charge in [0, 0.05) is 30.1 Å². The molecule has 4 aliphatic rings. The van der Waals surface area contributed by atoms with Gasteiger partial charge in [0.15, 0.2) is 0 Å². The average Bonchev–Trinajstić information content (AvgIpc) is 3.45. The summed E-state index contributed by atoms with van der Waals surface area (Å²) in [6.45, 7) is 17.7. The fourth-order valence-electron chi connectivity index (χ4n) is 10.2. The Kier molecular flexibility index (Phi) is 9.20. The van der Waals surface area contributed by atoms with Crippen molar-refractivity contribution in [2.24, 2.45) is 52.3 Å². The summed E-state index contributed by atoms with van der Waals surface area (Å²) in [4.78, 5) is 24.2. The summed E-state index contributed by atoms with van der Waals surface area (Å²) in [7, 11) is -3.65. The first kappa shape index (κ1) is 31.9. The van der Waals surface area contributed by atoms with E-state index in [0.29, 0.717) is 48.2 Å². The van der Waals surface area contributed by atoms with Crippen LogP contribution in [0.2, 0.25) is 0 Å². The minimum Gasteiger partial charge on any atom is -0.381 e. The van der Waals surface area contributed by atoms with Gasteiger partial charge in [-0.15, -0.1) is 11.3 Å². The first-order valence-corrected chi connectivity index (χ1v) is 19.5. The molecule has 0 amide bonds. The number of Topliss-reactive ketones (excluding diaryl/α,β-unsaturated/α-hetero) is 1. The highest BCUT2D eigenvalue weighted by molar-refractivity contribution is 9.11. The van der Waals surface area contributed by atoms with Crippen LogP contribution in [-0.2, 0) is 13.9 Å². The Balaban J connectivity index is 1.34. The van der Waals surface area contributed by atoms with E-state index in [-0.39, 0.29) is 34.8 Å². The Hall–Kier alpha value is -0.460. The molecular formula is C33H51BrNO4PS. The molecule has 41 heavy (non-hydrogen) atoms. The van der Waals surface area contributed by atoms with Gasteiger partial charge in [0.2, 0.25) is 0 Å². The predicted octanol–water partition coefficient (Wildman–Crippen LogP) is 9.38. The minimum atomic E-state index is -3.65. The summed E-state index contributed by atoms with van der Waals surface area (Å²) >= 11 is 5.41. The molecule has 4 aliphatic carbocycles. The Morgan fingerprint density at radius 2 is 1.90 bits per heavy atom. The molecule has 0 spiro atoms. The summed E-state index contributed by atoms with van der Waals surface area (Å²) in [5.74, 6) is 3.37. The summed E-state index contributed by atoms with van der Waals surface area (Å²) < 4.78 is 19.8. The first-order valence-electron chi connectivity index (χ1n) is 15.8. The highest BCUT2D eigenvalue weighted by Gasteiger charge is 2.63. The lowest BCUT2D eigenvalue weighted by molar-refractivity contribution is -0.164. The van der Waals surface area contributed by atoms with Crippen LogP contribution in [0.1, 0.15) is 103 Å². The smallest absolute Gasteiger partial charge is 0.325 e. The number of halogens is 1. The van der Waals surface area contributed by atoms with E-state index in [1.807, 2.05) is 0 Å². The number of rotatable bonds is 9. The van der Waals surface area contributed by atoms with Crippen molar-refractivity contribution in [2.75, 3.05) is 6.66 Å². The van der Waals surface area contributed by atoms with Crippen molar-refractivity contribution >= 4 is 40.6 Å². The molecule has 4 saturated carbocycles. The largest absolute Gasteiger partial charge is 0.381 e. The highest BCUT2D eigenvalue weighted by Crippen LogP contribution is 2.69. The van der Waals surface area contributed by atoms with E-state index in [1.165, 1.54) is 24.4 Å². The lowest BCUT2D eigenvalue weighted by atomic mass is 9.44. The molecule has 5 nitrogen and oxygen atoms in total. The van der Waals surface area contributed by atoms with E-state index in [0.717, 1.165) is 41.6 Å². The Morgan fingerprint density at radius 1 is 1.20 bits per heavy atom. The number of carbonyl (C=O) groups excluding carboxylic acids is 1. The third kappa shape index (κ3) is 6.23. The van der Waals surface area contributed by atoms with Gasteiger partial charge in [-0.1, -0.05) is 41.2 Å². The minimum absolute atomic E-state index is 0.123. The molecule has 8 heteroatoms. The molecular weight excluding hydrogens is 617 g/mol. The zero-order valence-electron chi connectivity index (χ0n) is 25.8. The topological polar surface area (TPSA) is 75.6 Å². The van der Waals surface area contributed by atoms with E-state index in [9.17, 15) is 14.3 Å². The van der Waals surface area contributed by atoms with Crippen LogP contribution < -0.4 is 5.32 Å². The van der Waals surface area contributed by atoms with Crippen LogP contribution in [0.3, 0.4) is 0 Å². The first-order chi connectivity index (χ1) is 19.1. The number of carbonyl (C=O) groups is 1. The number of hydrogen-bond donors (Lipinski definition) is 2. The second kappa shape index (κ2) is 11.8. The van der Waals surface area contributed by atoms with Gasteiger partial charge < -0.3 is 14.7 Å². The van der Waals surface area contributed by atoms with Crippen molar-refractivity contribution in [2.45, 2.75) is 105 Å². The Morgan fingerprint density at radius 3 is 2.54 bits per heavy atom. The molecule has 0 bridgehead atoms. The molecule has 4 fully saturated rings. The Labute approximate surface area is 260 Å². The van der Waals surface area contributed by atoms with E-state index >= 15 is 0 Å². The van der Waals surface area contributed by atoms with E-state index in [2.05, 4.69) is 74.6 Å². The van der Waals surface area contributed by atoms with Crippen LogP contribution >= 0.6 is 34.9 Å². The number of fused-ring (bicyclic) bond motifs is 5. The number of ketones is 1. The van der Waals surface area contributed by atoms with Crippen molar-refractivity contribution in [3.63, 3.8) is 0 Å². The fraction of sp³-hybridized carbons (Fsp3) is 0.788. The normalized spacial score (nSPS) is 39.8. The zero-order chi connectivity index (χ0) is 29.9. The second-order valence-corrected chi connectivity index (χ2v) is 19.3.